The third kappa shape index (κ3) is 4.22. The van der Waals surface area contributed by atoms with E-state index in [4.69, 9.17) is 21.1 Å². The molecule has 9 heteroatoms. The van der Waals surface area contributed by atoms with Crippen molar-refractivity contribution in [3.8, 4) is 0 Å². The number of carbonyl (C=O) groups excluding carboxylic acids is 3. The predicted molar refractivity (Wildman–Crippen MR) is 158 cm³/mol. The molecule has 2 saturated heterocycles. The number of anilines is 1. The van der Waals surface area contributed by atoms with E-state index in [9.17, 15) is 19.5 Å². The molecule has 2 aromatic rings. The van der Waals surface area contributed by atoms with Crippen LogP contribution in [0.4, 0.5) is 5.69 Å². The largest absolute Gasteiger partial charge is 0.465 e. The number of amides is 2. The SMILES string of the molecule is CC[C@]12/C=C\CCCOC(=O)[C@H]1[C@H]1C(=O)N([C@H](CO)c3ccccc3)C3C(=O)N(c4c(C)cccc4Cl)CC=C[C@@]31O2. The predicted octanol–water partition coefficient (Wildman–Crippen LogP) is 4.54. The number of hydrogen-bond acceptors (Lipinski definition) is 6. The van der Waals surface area contributed by atoms with Gasteiger partial charge in [0, 0.05) is 6.54 Å². The fourth-order valence-corrected chi connectivity index (χ4v) is 7.67. The van der Waals surface area contributed by atoms with E-state index < -0.39 is 59.5 Å². The number of ether oxygens (including phenoxy) is 2. The van der Waals surface area contributed by atoms with Crippen LogP contribution in [-0.2, 0) is 23.9 Å². The molecule has 42 heavy (non-hydrogen) atoms. The summed E-state index contributed by atoms with van der Waals surface area (Å²) in [5.74, 6) is -3.34. The van der Waals surface area contributed by atoms with Crippen molar-refractivity contribution >= 4 is 35.1 Å². The van der Waals surface area contributed by atoms with Crippen molar-refractivity contribution in [3.63, 3.8) is 0 Å². The van der Waals surface area contributed by atoms with Crippen LogP contribution in [0.5, 0.6) is 0 Å². The highest BCUT2D eigenvalue weighted by atomic mass is 35.5. The van der Waals surface area contributed by atoms with Gasteiger partial charge in [-0.05, 0) is 43.4 Å². The Labute approximate surface area is 250 Å². The Kier molecular flexibility index (Phi) is 7.50. The first-order chi connectivity index (χ1) is 20.3. The molecule has 4 aliphatic rings. The second-order valence-corrected chi connectivity index (χ2v) is 11.9. The summed E-state index contributed by atoms with van der Waals surface area (Å²) in [4.78, 5) is 46.5. The molecule has 0 bridgehead atoms. The summed E-state index contributed by atoms with van der Waals surface area (Å²) in [5.41, 5.74) is -0.608. The van der Waals surface area contributed by atoms with Gasteiger partial charge in [0.05, 0.1) is 35.9 Å². The van der Waals surface area contributed by atoms with Crippen LogP contribution >= 0.6 is 11.6 Å². The zero-order valence-electron chi connectivity index (χ0n) is 23.7. The third-order valence-electron chi connectivity index (χ3n) is 9.22. The van der Waals surface area contributed by atoms with Gasteiger partial charge in [0.2, 0.25) is 5.91 Å². The quantitative estimate of drug-likeness (QED) is 0.406. The number of hydrogen-bond donors (Lipinski definition) is 1. The van der Waals surface area contributed by atoms with Gasteiger partial charge in [0.15, 0.2) is 0 Å². The van der Waals surface area contributed by atoms with E-state index >= 15 is 0 Å². The second-order valence-electron chi connectivity index (χ2n) is 11.4. The molecule has 220 valence electrons. The highest BCUT2D eigenvalue weighted by Crippen LogP contribution is 2.59. The summed E-state index contributed by atoms with van der Waals surface area (Å²) in [6.45, 7) is 3.80. The first kappa shape index (κ1) is 28.6. The molecule has 1 N–H and O–H groups in total. The Morgan fingerprint density at radius 2 is 1.81 bits per heavy atom. The van der Waals surface area contributed by atoms with Crippen molar-refractivity contribution < 1.29 is 29.0 Å². The number of aliphatic hydroxyl groups excluding tert-OH is 1. The van der Waals surface area contributed by atoms with Crippen LogP contribution in [-0.4, -0.2) is 64.8 Å². The summed E-state index contributed by atoms with van der Waals surface area (Å²) in [7, 11) is 0. The van der Waals surface area contributed by atoms with E-state index in [1.54, 1.807) is 17.0 Å². The van der Waals surface area contributed by atoms with Gasteiger partial charge in [-0.15, -0.1) is 0 Å². The minimum atomic E-state index is -1.48. The number of rotatable bonds is 5. The molecule has 6 rings (SSSR count). The zero-order valence-corrected chi connectivity index (χ0v) is 24.5. The molecule has 4 heterocycles. The number of esters is 1. The van der Waals surface area contributed by atoms with Crippen molar-refractivity contribution in [3.05, 3.63) is 89.0 Å². The lowest BCUT2D eigenvalue weighted by atomic mass is 9.73. The first-order valence-corrected chi connectivity index (χ1v) is 14.9. The van der Waals surface area contributed by atoms with E-state index in [2.05, 4.69) is 0 Å². The minimum absolute atomic E-state index is 0.193. The number of likely N-dealkylation sites (tertiary alicyclic amines) is 1. The maximum absolute atomic E-state index is 14.9. The van der Waals surface area contributed by atoms with E-state index in [0.29, 0.717) is 35.5 Å². The van der Waals surface area contributed by atoms with Crippen molar-refractivity contribution in [2.75, 3.05) is 24.7 Å². The number of allylic oxidation sites excluding steroid dienone is 1. The summed E-state index contributed by atoms with van der Waals surface area (Å²) >= 11 is 6.66. The molecule has 0 aliphatic carbocycles. The number of halogens is 1. The van der Waals surface area contributed by atoms with E-state index in [0.717, 1.165) is 5.56 Å². The van der Waals surface area contributed by atoms with Crippen LogP contribution in [0.25, 0.3) is 0 Å². The molecule has 1 spiro atoms. The molecule has 0 radical (unpaired) electrons. The van der Waals surface area contributed by atoms with Crippen molar-refractivity contribution in [2.24, 2.45) is 11.8 Å². The Hall–Kier alpha value is -3.46. The Balaban J connectivity index is 1.58. The van der Waals surface area contributed by atoms with Gasteiger partial charge in [0.1, 0.15) is 23.2 Å². The molecule has 6 atom stereocenters. The Bertz CT molecular complexity index is 1440. The maximum Gasteiger partial charge on any atom is 0.313 e. The number of benzene rings is 2. The van der Waals surface area contributed by atoms with Crippen LogP contribution < -0.4 is 4.90 Å². The summed E-state index contributed by atoms with van der Waals surface area (Å²) in [6, 6.07) is 12.5. The van der Waals surface area contributed by atoms with Gasteiger partial charge in [0.25, 0.3) is 5.91 Å². The number of carbonyl (C=O) groups is 3. The number of aliphatic hydroxyl groups is 1. The molecule has 1 unspecified atom stereocenters. The van der Waals surface area contributed by atoms with E-state index in [1.807, 2.05) is 74.5 Å². The Morgan fingerprint density at radius 3 is 2.52 bits per heavy atom. The smallest absolute Gasteiger partial charge is 0.313 e. The van der Waals surface area contributed by atoms with Crippen LogP contribution in [0.15, 0.2) is 72.8 Å². The molecule has 0 saturated carbocycles. The minimum Gasteiger partial charge on any atom is -0.465 e. The molecular formula is C33H35ClN2O6. The van der Waals surface area contributed by atoms with Gasteiger partial charge in [-0.1, -0.05) is 85.3 Å². The number of nitrogens with zero attached hydrogens (tertiary/aromatic N) is 2. The monoisotopic (exact) mass is 590 g/mol. The van der Waals surface area contributed by atoms with Gasteiger partial charge < -0.3 is 24.4 Å². The topological polar surface area (TPSA) is 96.4 Å². The van der Waals surface area contributed by atoms with Gasteiger partial charge >= 0.3 is 5.97 Å². The van der Waals surface area contributed by atoms with Crippen molar-refractivity contribution in [2.45, 2.75) is 56.4 Å². The van der Waals surface area contributed by atoms with E-state index in [-0.39, 0.29) is 13.2 Å². The fourth-order valence-electron chi connectivity index (χ4n) is 7.34. The summed E-state index contributed by atoms with van der Waals surface area (Å²) < 4.78 is 12.7. The van der Waals surface area contributed by atoms with Gasteiger partial charge in [-0.3, -0.25) is 14.4 Å². The third-order valence-corrected chi connectivity index (χ3v) is 9.53. The van der Waals surface area contributed by atoms with Crippen LogP contribution in [0, 0.1) is 18.8 Å². The lowest BCUT2D eigenvalue weighted by molar-refractivity contribution is -0.161. The highest BCUT2D eigenvalue weighted by Gasteiger charge is 2.76. The number of para-hydroxylation sites is 1. The average Bonchev–Trinajstić information content (AvgIpc) is 3.37. The highest BCUT2D eigenvalue weighted by molar-refractivity contribution is 6.34. The normalized spacial score (nSPS) is 32.2. The molecule has 8 nitrogen and oxygen atoms in total. The van der Waals surface area contributed by atoms with Crippen LogP contribution in [0.1, 0.15) is 43.4 Å². The maximum atomic E-state index is 14.9. The number of fused-ring (bicyclic) bond motifs is 2. The van der Waals surface area contributed by atoms with Crippen molar-refractivity contribution in [1.82, 2.24) is 4.90 Å². The standard InChI is InChI=1S/C33H35ClN2O6/c1-3-32-16-8-5-9-19-41-31(40)26(32)25-29(38)36(24(20-37)22-13-6-4-7-14-22)28-30(39)35(18-11-17-33(25,28)42-32)27-21(2)12-10-15-23(27)34/h4,6-8,10-17,24-26,28,37H,3,5,9,18-20H2,1-2H3/b16-8-/t24-,25+,26-,28?,32+,33+/m1/s1. The van der Waals surface area contributed by atoms with Crippen LogP contribution in [0.2, 0.25) is 5.02 Å². The molecule has 0 aromatic heterocycles. The van der Waals surface area contributed by atoms with Gasteiger partial charge in [-0.2, -0.15) is 0 Å². The lowest BCUT2D eigenvalue weighted by Gasteiger charge is -2.41. The average molecular weight is 591 g/mol. The van der Waals surface area contributed by atoms with Crippen molar-refractivity contribution in [1.29, 1.82) is 0 Å². The van der Waals surface area contributed by atoms with Crippen LogP contribution in [0.3, 0.4) is 0 Å². The summed E-state index contributed by atoms with van der Waals surface area (Å²) in [6.07, 6.45) is 9.26. The molecule has 2 fully saturated rings. The van der Waals surface area contributed by atoms with Gasteiger partial charge in [-0.25, -0.2) is 0 Å². The second kappa shape index (κ2) is 11.0. The zero-order chi connectivity index (χ0) is 29.6. The number of cyclic esters (lactones) is 1. The lowest BCUT2D eigenvalue weighted by Crippen LogP contribution is -2.57. The Morgan fingerprint density at radius 1 is 1.02 bits per heavy atom. The molecule has 4 aliphatic heterocycles. The summed E-state index contributed by atoms with van der Waals surface area (Å²) in [5, 5.41) is 11.1. The molecule has 2 amide bonds. The van der Waals surface area contributed by atoms with E-state index in [1.165, 1.54) is 4.90 Å². The fraction of sp³-hybridized carbons (Fsp3) is 0.424. The molecule has 2 aromatic carbocycles. The first-order valence-electron chi connectivity index (χ1n) is 14.6. The number of aryl methyl sites for hydroxylation is 1. The molecular weight excluding hydrogens is 556 g/mol.